The summed E-state index contributed by atoms with van der Waals surface area (Å²) in [4.78, 5) is 31.3. The van der Waals surface area contributed by atoms with E-state index in [4.69, 9.17) is 5.11 Å². The zero-order chi connectivity index (χ0) is 23.2. The van der Waals surface area contributed by atoms with Gasteiger partial charge >= 0.3 is 5.97 Å². The fraction of sp³-hybridized carbons (Fsp3) is 0. The van der Waals surface area contributed by atoms with E-state index in [0.29, 0.717) is 22.6 Å². The van der Waals surface area contributed by atoms with Crippen molar-refractivity contribution >= 4 is 40.7 Å². The standard InChI is InChI=1S/C24H18FN5O3/c25-20-14-26-24(29-19-12-8-16(9-13-19)23(32)33)30-21(20)27-18-10-6-15(7-11-18)22(31)28-17-4-2-1-3-5-17/h1-14H,(H,28,31)(H,32,33)(H2,26,27,29,30). The number of amides is 1. The largest absolute Gasteiger partial charge is 0.478 e. The molecule has 33 heavy (non-hydrogen) atoms. The van der Waals surface area contributed by atoms with Crippen LogP contribution in [-0.4, -0.2) is 27.0 Å². The average molecular weight is 443 g/mol. The molecule has 0 atom stereocenters. The van der Waals surface area contributed by atoms with E-state index in [1.807, 2.05) is 18.2 Å². The quantitative estimate of drug-likeness (QED) is 0.316. The molecule has 0 spiro atoms. The molecule has 0 unspecified atom stereocenters. The highest BCUT2D eigenvalue weighted by Crippen LogP contribution is 2.21. The summed E-state index contributed by atoms with van der Waals surface area (Å²) < 4.78 is 14.2. The van der Waals surface area contributed by atoms with Crippen LogP contribution in [0.4, 0.5) is 33.2 Å². The fourth-order valence-electron chi connectivity index (χ4n) is 2.91. The van der Waals surface area contributed by atoms with Gasteiger partial charge in [0, 0.05) is 22.6 Å². The van der Waals surface area contributed by atoms with Crippen molar-refractivity contribution in [3.8, 4) is 0 Å². The van der Waals surface area contributed by atoms with Crippen LogP contribution in [0.15, 0.2) is 85.1 Å². The number of benzene rings is 3. The van der Waals surface area contributed by atoms with Crippen LogP contribution in [0.2, 0.25) is 0 Å². The van der Waals surface area contributed by atoms with Gasteiger partial charge in [0.15, 0.2) is 11.6 Å². The highest BCUT2D eigenvalue weighted by atomic mass is 19.1. The number of nitrogens with one attached hydrogen (secondary N) is 3. The second-order valence-corrected chi connectivity index (χ2v) is 6.92. The minimum absolute atomic E-state index is 0.0591. The molecular formula is C24H18FN5O3. The summed E-state index contributed by atoms with van der Waals surface area (Å²) in [6.07, 6.45) is 1.02. The van der Waals surface area contributed by atoms with Crippen molar-refractivity contribution in [2.24, 2.45) is 0 Å². The SMILES string of the molecule is O=C(O)c1ccc(Nc2ncc(F)c(Nc3ccc(C(=O)Nc4ccccc4)cc3)n2)cc1. The molecule has 0 radical (unpaired) electrons. The van der Waals surface area contributed by atoms with E-state index < -0.39 is 11.8 Å². The van der Waals surface area contributed by atoms with Gasteiger partial charge in [-0.15, -0.1) is 0 Å². The highest BCUT2D eigenvalue weighted by Gasteiger charge is 2.10. The maximum atomic E-state index is 14.2. The number of nitrogens with zero attached hydrogens (tertiary/aromatic N) is 2. The molecule has 4 aromatic rings. The van der Waals surface area contributed by atoms with E-state index in [2.05, 4.69) is 25.9 Å². The summed E-state index contributed by atoms with van der Waals surface area (Å²) in [5.41, 5.74) is 2.35. The summed E-state index contributed by atoms with van der Waals surface area (Å²) in [6, 6.07) is 21.6. The summed E-state index contributed by atoms with van der Waals surface area (Å²) in [5, 5.41) is 17.5. The second-order valence-electron chi connectivity index (χ2n) is 6.92. The maximum Gasteiger partial charge on any atom is 0.335 e. The van der Waals surface area contributed by atoms with E-state index in [1.165, 1.54) is 12.1 Å². The molecule has 164 valence electrons. The second kappa shape index (κ2) is 9.56. The molecule has 0 saturated heterocycles. The summed E-state index contributed by atoms with van der Waals surface area (Å²) >= 11 is 0. The van der Waals surface area contributed by atoms with Crippen LogP contribution >= 0.6 is 0 Å². The smallest absolute Gasteiger partial charge is 0.335 e. The van der Waals surface area contributed by atoms with Gasteiger partial charge in [-0.3, -0.25) is 4.79 Å². The van der Waals surface area contributed by atoms with Gasteiger partial charge in [0.25, 0.3) is 5.91 Å². The Morgan fingerprint density at radius 3 is 2.00 bits per heavy atom. The third kappa shape index (κ3) is 5.47. The normalized spacial score (nSPS) is 10.3. The van der Waals surface area contributed by atoms with Crippen LogP contribution in [0.3, 0.4) is 0 Å². The number of carboxylic acids is 1. The third-order valence-electron chi connectivity index (χ3n) is 4.57. The lowest BCUT2D eigenvalue weighted by Gasteiger charge is -2.10. The number of rotatable bonds is 7. The first-order valence-corrected chi connectivity index (χ1v) is 9.84. The molecule has 4 N–H and O–H groups in total. The molecule has 0 bridgehead atoms. The first-order chi connectivity index (χ1) is 16.0. The monoisotopic (exact) mass is 443 g/mol. The van der Waals surface area contributed by atoms with E-state index in [-0.39, 0.29) is 23.2 Å². The molecular weight excluding hydrogens is 425 g/mol. The minimum Gasteiger partial charge on any atom is -0.478 e. The number of hydrogen-bond acceptors (Lipinski definition) is 6. The number of aromatic nitrogens is 2. The molecule has 1 aromatic heterocycles. The van der Waals surface area contributed by atoms with Gasteiger partial charge in [-0.2, -0.15) is 4.98 Å². The number of carboxylic acid groups (broad SMARTS) is 1. The van der Waals surface area contributed by atoms with E-state index in [0.717, 1.165) is 6.20 Å². The number of halogens is 1. The maximum absolute atomic E-state index is 14.2. The molecule has 3 aromatic carbocycles. The topological polar surface area (TPSA) is 116 Å². The molecule has 1 amide bonds. The van der Waals surface area contributed by atoms with E-state index in [9.17, 15) is 14.0 Å². The van der Waals surface area contributed by atoms with Crippen molar-refractivity contribution in [1.29, 1.82) is 0 Å². The van der Waals surface area contributed by atoms with Crippen molar-refractivity contribution in [3.63, 3.8) is 0 Å². The van der Waals surface area contributed by atoms with Crippen molar-refractivity contribution in [2.75, 3.05) is 16.0 Å². The first-order valence-electron chi connectivity index (χ1n) is 9.84. The van der Waals surface area contributed by atoms with Gasteiger partial charge in [-0.25, -0.2) is 14.2 Å². The van der Waals surface area contributed by atoms with Gasteiger partial charge in [-0.05, 0) is 60.7 Å². The molecule has 0 fully saturated rings. The zero-order valence-electron chi connectivity index (χ0n) is 17.1. The predicted octanol–water partition coefficient (Wildman–Crippen LogP) is 5.05. The highest BCUT2D eigenvalue weighted by molar-refractivity contribution is 6.04. The van der Waals surface area contributed by atoms with Crippen molar-refractivity contribution < 1.29 is 19.1 Å². The minimum atomic E-state index is -1.03. The molecule has 0 aliphatic heterocycles. The lowest BCUT2D eigenvalue weighted by Crippen LogP contribution is -2.11. The third-order valence-corrected chi connectivity index (χ3v) is 4.57. The Bertz CT molecular complexity index is 1280. The molecule has 9 heteroatoms. The van der Waals surface area contributed by atoms with Gasteiger partial charge in [0.1, 0.15) is 0 Å². The van der Waals surface area contributed by atoms with Crippen LogP contribution < -0.4 is 16.0 Å². The van der Waals surface area contributed by atoms with Gasteiger partial charge in [0.05, 0.1) is 11.8 Å². The average Bonchev–Trinajstić information content (AvgIpc) is 2.82. The molecule has 0 saturated carbocycles. The molecule has 0 aliphatic carbocycles. The Balaban J connectivity index is 1.44. The van der Waals surface area contributed by atoms with E-state index in [1.54, 1.807) is 48.5 Å². The van der Waals surface area contributed by atoms with Crippen molar-refractivity contribution in [3.05, 3.63) is 102 Å². The molecule has 8 nitrogen and oxygen atoms in total. The number of carbonyl (C=O) groups excluding carboxylic acids is 1. The lowest BCUT2D eigenvalue weighted by molar-refractivity contribution is 0.0696. The van der Waals surface area contributed by atoms with Crippen LogP contribution in [-0.2, 0) is 0 Å². The Hall–Kier alpha value is -4.79. The first kappa shape index (κ1) is 21.4. The van der Waals surface area contributed by atoms with Crippen molar-refractivity contribution in [2.45, 2.75) is 0 Å². The Kier molecular flexibility index (Phi) is 6.21. The Labute approximate surface area is 188 Å². The zero-order valence-corrected chi connectivity index (χ0v) is 17.1. The summed E-state index contributed by atoms with van der Waals surface area (Å²) in [6.45, 7) is 0. The number of para-hydroxylation sites is 1. The fourth-order valence-corrected chi connectivity index (χ4v) is 2.91. The number of hydrogen-bond donors (Lipinski definition) is 4. The van der Waals surface area contributed by atoms with Gasteiger partial charge in [-0.1, -0.05) is 18.2 Å². The summed E-state index contributed by atoms with van der Waals surface area (Å²) in [5.74, 6) is -1.89. The number of anilines is 5. The van der Waals surface area contributed by atoms with Crippen LogP contribution in [0.25, 0.3) is 0 Å². The van der Waals surface area contributed by atoms with Gasteiger partial charge < -0.3 is 21.1 Å². The summed E-state index contributed by atoms with van der Waals surface area (Å²) in [7, 11) is 0. The number of carbonyl (C=O) groups is 2. The lowest BCUT2D eigenvalue weighted by atomic mass is 10.2. The predicted molar refractivity (Wildman–Crippen MR) is 123 cm³/mol. The Morgan fingerprint density at radius 2 is 1.36 bits per heavy atom. The van der Waals surface area contributed by atoms with Crippen molar-refractivity contribution in [1.82, 2.24) is 9.97 Å². The van der Waals surface area contributed by atoms with Gasteiger partial charge in [0.2, 0.25) is 5.95 Å². The number of aromatic carboxylic acids is 1. The molecule has 0 aliphatic rings. The Morgan fingerprint density at radius 1 is 0.758 bits per heavy atom. The van der Waals surface area contributed by atoms with E-state index >= 15 is 0 Å². The molecule has 4 rings (SSSR count). The van der Waals surface area contributed by atoms with Crippen LogP contribution in [0.5, 0.6) is 0 Å². The van der Waals surface area contributed by atoms with Crippen LogP contribution in [0.1, 0.15) is 20.7 Å². The van der Waals surface area contributed by atoms with Crippen LogP contribution in [0, 0.1) is 5.82 Å². The molecule has 1 heterocycles.